The van der Waals surface area contributed by atoms with Gasteiger partial charge < -0.3 is 55.2 Å². The number of hydrogen-bond donors (Lipinski definition) is 5. The Morgan fingerprint density at radius 2 is 1.67 bits per heavy atom. The number of esters is 1. The minimum absolute atomic E-state index is 0.00541. The summed E-state index contributed by atoms with van der Waals surface area (Å²) in [6.07, 6.45) is 6.30. The second kappa shape index (κ2) is 23.5. The molecule has 4 rings (SSSR count). The number of likely N-dealkylation sites (tertiary alicyclic amines) is 1. The molecule has 362 valence electrons. The van der Waals surface area contributed by atoms with Gasteiger partial charge in [-0.3, -0.25) is 24.0 Å². The number of carbonyl (C=O) groups excluding carboxylic acids is 7. The Morgan fingerprint density at radius 1 is 0.969 bits per heavy atom. The molecule has 19 heteroatoms. The minimum Gasteiger partial charge on any atom is -0.462 e. The zero-order chi connectivity index (χ0) is 47.5. The van der Waals surface area contributed by atoms with E-state index in [0.717, 1.165) is 6.42 Å². The molecule has 18 nitrogen and oxygen atoms in total. The summed E-state index contributed by atoms with van der Waals surface area (Å²) in [6.45, 7) is 16.9. The molecule has 0 aromatic heterocycles. The van der Waals surface area contributed by atoms with E-state index in [9.17, 15) is 33.6 Å². The predicted molar refractivity (Wildman–Crippen MR) is 240 cm³/mol. The first-order valence-electron chi connectivity index (χ1n) is 22.8. The number of rotatable bonds is 23. The molecule has 1 saturated carbocycles. The van der Waals surface area contributed by atoms with Crippen molar-refractivity contribution in [2.24, 2.45) is 17.8 Å². The van der Waals surface area contributed by atoms with Gasteiger partial charge in [0.05, 0.1) is 31.2 Å². The van der Waals surface area contributed by atoms with Crippen LogP contribution in [0.5, 0.6) is 0 Å². The van der Waals surface area contributed by atoms with Crippen LogP contribution in [0.1, 0.15) is 107 Å². The van der Waals surface area contributed by atoms with Gasteiger partial charge in [0, 0.05) is 20.6 Å². The van der Waals surface area contributed by atoms with Crippen molar-refractivity contribution in [3.8, 4) is 0 Å². The molecule has 6 amide bonds. The summed E-state index contributed by atoms with van der Waals surface area (Å²) in [5.41, 5.74) is 0.346. The third kappa shape index (κ3) is 13.8. The fourth-order valence-corrected chi connectivity index (χ4v) is 9.33. The van der Waals surface area contributed by atoms with E-state index in [1.807, 2.05) is 27.0 Å². The number of epoxide rings is 2. The second-order valence-corrected chi connectivity index (χ2v) is 19.5. The van der Waals surface area contributed by atoms with Crippen LogP contribution >= 0.6 is 11.8 Å². The van der Waals surface area contributed by atoms with Crippen molar-refractivity contribution < 1.29 is 57.2 Å². The van der Waals surface area contributed by atoms with Crippen molar-refractivity contribution in [2.45, 2.75) is 167 Å². The Labute approximate surface area is 382 Å². The monoisotopic (exact) mass is 923 g/mol. The third-order valence-corrected chi connectivity index (χ3v) is 13.8. The van der Waals surface area contributed by atoms with E-state index in [1.165, 1.54) is 36.1 Å². The molecule has 3 aliphatic heterocycles. The first-order chi connectivity index (χ1) is 30.2. The van der Waals surface area contributed by atoms with Gasteiger partial charge in [-0.1, -0.05) is 45.8 Å². The van der Waals surface area contributed by atoms with Gasteiger partial charge in [0.1, 0.15) is 54.2 Å². The van der Waals surface area contributed by atoms with E-state index in [1.54, 1.807) is 14.0 Å². The summed E-state index contributed by atoms with van der Waals surface area (Å²) in [5.74, 6) is -3.29. The van der Waals surface area contributed by atoms with Crippen molar-refractivity contribution in [1.82, 2.24) is 31.5 Å². The highest BCUT2D eigenvalue weighted by atomic mass is 32.2. The van der Waals surface area contributed by atoms with Crippen molar-refractivity contribution in [1.29, 1.82) is 0 Å². The van der Waals surface area contributed by atoms with Crippen LogP contribution in [-0.4, -0.2) is 152 Å². The standard InChI is InChI=1S/C45H74N6O12S/c1-12-27(6)36(50-40(55)32-14-13-20-51(32)29(8)52)41(56)46-22-35(53)48-30(18-21-64-11)39(54)47-28(7)42(57)60-23-31(26(4)5)49-43(58)62-33-17-19-45(24-61-45)38(37(33)59-10)44(9)34(63-44)16-15-25(2)3/h15,26-28,30-34,36-38H,12-14,16-24H2,1-11H3,(H,46,56)(H,47,54)(H,48,53)(H,49,58)(H,50,55)/t27-,28-,30-,31-,32-,33+,34+,36-,37+,38+,44+,45-/m0/s1. The third-order valence-electron chi connectivity index (χ3n) is 13.2. The molecule has 12 atom stereocenters. The van der Waals surface area contributed by atoms with E-state index in [2.05, 4.69) is 53.4 Å². The Bertz CT molecular complexity index is 1710. The molecule has 3 heterocycles. The molecule has 1 aliphatic carbocycles. The summed E-state index contributed by atoms with van der Waals surface area (Å²) in [5, 5.41) is 13.5. The molecule has 0 radical (unpaired) electrons. The van der Waals surface area contributed by atoms with Gasteiger partial charge >= 0.3 is 12.1 Å². The SMILES string of the molecule is CC[C@H](C)[C@H](NC(=O)[C@@H]1CCCN1C(C)=O)C(=O)NCC(=O)N[C@@H](CCSC)C(=O)N[C@@H](C)C(=O)OC[C@H](NC(=O)O[C@@H]1CC[C@]2(CO2)[C@@H]([C@]2(C)O[C@@H]2CC=C(C)C)[C@@H]1OC)C(C)C. The lowest BCUT2D eigenvalue weighted by molar-refractivity contribution is -0.148. The Hall–Kier alpha value is -3.94. The van der Waals surface area contributed by atoms with Gasteiger partial charge in [0.2, 0.25) is 29.5 Å². The average Bonchev–Trinajstić information content (AvgIpc) is 4.10. The summed E-state index contributed by atoms with van der Waals surface area (Å²) < 4.78 is 29.9. The lowest BCUT2D eigenvalue weighted by Gasteiger charge is -2.42. The van der Waals surface area contributed by atoms with Gasteiger partial charge in [-0.15, -0.1) is 0 Å². The highest BCUT2D eigenvalue weighted by Gasteiger charge is 2.72. The maximum absolute atomic E-state index is 13.4. The normalized spacial score (nSPS) is 28.1. The molecule has 1 spiro atoms. The van der Waals surface area contributed by atoms with Crippen LogP contribution in [0.25, 0.3) is 0 Å². The first kappa shape index (κ1) is 52.7. The largest absolute Gasteiger partial charge is 0.462 e. The summed E-state index contributed by atoms with van der Waals surface area (Å²) in [4.78, 5) is 93.1. The number of nitrogens with one attached hydrogen (secondary N) is 5. The van der Waals surface area contributed by atoms with E-state index in [-0.39, 0.29) is 48.4 Å². The van der Waals surface area contributed by atoms with Crippen LogP contribution in [0.4, 0.5) is 4.79 Å². The van der Waals surface area contributed by atoms with Crippen LogP contribution in [0, 0.1) is 17.8 Å². The number of amides is 6. The molecular weight excluding hydrogens is 849 g/mol. The van der Waals surface area contributed by atoms with Crippen LogP contribution in [0.15, 0.2) is 11.6 Å². The fraction of sp³-hybridized carbons (Fsp3) is 0.800. The van der Waals surface area contributed by atoms with Gasteiger partial charge in [0.25, 0.3) is 0 Å². The molecule has 5 N–H and O–H groups in total. The lowest BCUT2D eigenvalue weighted by atomic mass is 9.68. The molecule has 0 bridgehead atoms. The van der Waals surface area contributed by atoms with E-state index in [0.29, 0.717) is 51.0 Å². The topological polar surface area (TPSA) is 236 Å². The number of alkyl carbamates (subject to hydrolysis) is 1. The Kier molecular flexibility index (Phi) is 19.3. The van der Waals surface area contributed by atoms with Crippen molar-refractivity contribution in [3.05, 3.63) is 11.6 Å². The van der Waals surface area contributed by atoms with Crippen LogP contribution in [0.2, 0.25) is 0 Å². The second-order valence-electron chi connectivity index (χ2n) is 18.5. The molecular formula is C45H74N6O12S. The zero-order valence-electron chi connectivity index (χ0n) is 39.7. The quantitative estimate of drug-likeness (QED) is 0.0564. The summed E-state index contributed by atoms with van der Waals surface area (Å²) >= 11 is 1.46. The predicted octanol–water partition coefficient (Wildman–Crippen LogP) is 2.76. The maximum atomic E-state index is 13.4. The number of carbonyl (C=O) groups is 7. The molecule has 64 heavy (non-hydrogen) atoms. The number of allylic oxidation sites excluding steroid dienone is 1. The van der Waals surface area contributed by atoms with Crippen molar-refractivity contribution in [3.63, 3.8) is 0 Å². The Morgan fingerprint density at radius 3 is 2.27 bits per heavy atom. The smallest absolute Gasteiger partial charge is 0.407 e. The summed E-state index contributed by atoms with van der Waals surface area (Å²) in [6, 6.07) is -4.38. The van der Waals surface area contributed by atoms with Crippen LogP contribution in [0.3, 0.4) is 0 Å². The van der Waals surface area contributed by atoms with Crippen molar-refractivity contribution in [2.75, 3.05) is 45.4 Å². The molecule has 3 saturated heterocycles. The zero-order valence-corrected chi connectivity index (χ0v) is 40.5. The number of nitrogens with zero attached hydrogens (tertiary/aromatic N) is 1. The van der Waals surface area contributed by atoms with Gasteiger partial charge in [0.15, 0.2) is 0 Å². The molecule has 4 fully saturated rings. The van der Waals surface area contributed by atoms with Gasteiger partial charge in [-0.05, 0) is 90.1 Å². The number of thioether (sulfide) groups is 1. The van der Waals surface area contributed by atoms with Gasteiger partial charge in [-0.25, -0.2) is 9.59 Å². The summed E-state index contributed by atoms with van der Waals surface area (Å²) in [7, 11) is 1.61. The average molecular weight is 923 g/mol. The first-order valence-corrected chi connectivity index (χ1v) is 24.2. The highest BCUT2D eigenvalue weighted by molar-refractivity contribution is 7.98. The minimum atomic E-state index is -1.11. The van der Waals surface area contributed by atoms with E-state index < -0.39 is 90.3 Å². The number of ether oxygens (including phenoxy) is 5. The highest BCUT2D eigenvalue weighted by Crippen LogP contribution is 2.59. The molecule has 0 aromatic carbocycles. The van der Waals surface area contributed by atoms with Crippen LogP contribution < -0.4 is 26.6 Å². The fourth-order valence-electron chi connectivity index (χ4n) is 8.86. The van der Waals surface area contributed by atoms with Gasteiger partial charge in [-0.2, -0.15) is 11.8 Å². The molecule has 4 aliphatic rings. The van der Waals surface area contributed by atoms with E-state index >= 15 is 0 Å². The Balaban J connectivity index is 1.27. The number of hydrogen-bond acceptors (Lipinski definition) is 13. The number of methoxy groups -OCH3 is 1. The molecule has 0 unspecified atom stereocenters. The van der Waals surface area contributed by atoms with E-state index in [4.69, 9.17) is 23.7 Å². The lowest BCUT2D eigenvalue weighted by Crippen LogP contribution is -2.57. The van der Waals surface area contributed by atoms with Crippen LogP contribution in [-0.2, 0) is 52.5 Å². The van der Waals surface area contributed by atoms with Crippen molar-refractivity contribution >= 4 is 53.4 Å². The molecule has 0 aromatic rings. The maximum Gasteiger partial charge on any atom is 0.407 e.